The first-order valence-corrected chi connectivity index (χ1v) is 8.23. The number of rotatable bonds is 6. The molecule has 0 saturated carbocycles. The van der Waals surface area contributed by atoms with Crippen LogP contribution in [0.25, 0.3) is 0 Å². The Hall–Kier alpha value is -2.51. The summed E-state index contributed by atoms with van der Waals surface area (Å²) in [7, 11) is 0. The van der Waals surface area contributed by atoms with E-state index < -0.39 is 6.04 Å². The Bertz CT molecular complexity index is 795. The van der Waals surface area contributed by atoms with Crippen LogP contribution in [0.1, 0.15) is 48.8 Å². The molecule has 0 spiro atoms. The zero-order valence-electron chi connectivity index (χ0n) is 13.9. The third-order valence-electron chi connectivity index (χ3n) is 4.16. The normalized spacial score (nSPS) is 14.4. The topological polar surface area (TPSA) is 103 Å². The Morgan fingerprint density at radius 3 is 3.04 bits per heavy atom. The molecule has 2 aromatic heterocycles. The molecule has 8 heteroatoms. The largest absolute Gasteiger partial charge is 0.354 e. The maximum Gasteiger partial charge on any atom is 0.267 e. The third-order valence-corrected chi connectivity index (χ3v) is 4.16. The molecule has 0 radical (unpaired) electrons. The number of aryl methyl sites for hydroxylation is 4. The monoisotopic (exact) mass is 331 g/mol. The van der Waals surface area contributed by atoms with Crippen molar-refractivity contribution in [3.05, 3.63) is 39.4 Å². The molecule has 1 N–H and O–H groups in total. The lowest BCUT2D eigenvalue weighted by atomic mass is 10.2. The third kappa shape index (κ3) is 3.52. The van der Waals surface area contributed by atoms with Gasteiger partial charge in [0.15, 0.2) is 5.82 Å². The van der Waals surface area contributed by atoms with Gasteiger partial charge in [-0.1, -0.05) is 5.16 Å². The van der Waals surface area contributed by atoms with Crippen LogP contribution in [0.5, 0.6) is 0 Å². The van der Waals surface area contributed by atoms with E-state index in [1.54, 1.807) is 19.9 Å². The summed E-state index contributed by atoms with van der Waals surface area (Å²) in [6.45, 7) is 3.93. The Morgan fingerprint density at radius 1 is 1.46 bits per heavy atom. The molecule has 0 saturated heterocycles. The van der Waals surface area contributed by atoms with Crippen molar-refractivity contribution in [3.8, 4) is 0 Å². The number of aromatic nitrogens is 4. The van der Waals surface area contributed by atoms with E-state index in [4.69, 9.17) is 4.52 Å². The molecule has 2 heterocycles. The first-order valence-electron chi connectivity index (χ1n) is 8.23. The van der Waals surface area contributed by atoms with Gasteiger partial charge in [0.2, 0.25) is 11.8 Å². The fourth-order valence-electron chi connectivity index (χ4n) is 2.84. The van der Waals surface area contributed by atoms with Gasteiger partial charge in [-0.25, -0.2) is 4.68 Å². The van der Waals surface area contributed by atoms with E-state index in [2.05, 4.69) is 20.6 Å². The van der Waals surface area contributed by atoms with Crippen molar-refractivity contribution in [2.24, 2.45) is 0 Å². The molecule has 0 unspecified atom stereocenters. The predicted octanol–water partition coefficient (Wildman–Crippen LogP) is 0.733. The van der Waals surface area contributed by atoms with Gasteiger partial charge in [0, 0.05) is 19.0 Å². The van der Waals surface area contributed by atoms with Crippen molar-refractivity contribution in [1.29, 1.82) is 0 Å². The Labute approximate surface area is 139 Å². The van der Waals surface area contributed by atoms with E-state index in [1.165, 1.54) is 4.68 Å². The highest BCUT2D eigenvalue weighted by Gasteiger charge is 2.21. The van der Waals surface area contributed by atoms with Gasteiger partial charge in [-0.3, -0.25) is 9.59 Å². The van der Waals surface area contributed by atoms with Crippen LogP contribution in [-0.4, -0.2) is 32.4 Å². The SMILES string of the molecule is Cc1noc(CCCNC(=O)[C@@H](C)n2nc3c(cc2=O)CCC3)n1. The molecule has 128 valence electrons. The van der Waals surface area contributed by atoms with Crippen LogP contribution in [0.4, 0.5) is 0 Å². The summed E-state index contributed by atoms with van der Waals surface area (Å²) in [5.41, 5.74) is 1.72. The van der Waals surface area contributed by atoms with Gasteiger partial charge in [0.1, 0.15) is 6.04 Å². The van der Waals surface area contributed by atoms with E-state index in [9.17, 15) is 9.59 Å². The number of nitrogens with zero attached hydrogens (tertiary/aromatic N) is 4. The molecular weight excluding hydrogens is 310 g/mol. The summed E-state index contributed by atoms with van der Waals surface area (Å²) in [6.07, 6.45) is 4.07. The molecule has 0 bridgehead atoms. The fourth-order valence-corrected chi connectivity index (χ4v) is 2.84. The highest BCUT2D eigenvalue weighted by molar-refractivity contribution is 5.79. The zero-order valence-corrected chi connectivity index (χ0v) is 13.9. The first kappa shape index (κ1) is 16.4. The molecule has 0 fully saturated rings. The average molecular weight is 331 g/mol. The lowest BCUT2D eigenvalue weighted by molar-refractivity contribution is -0.124. The van der Waals surface area contributed by atoms with Crippen molar-refractivity contribution in [3.63, 3.8) is 0 Å². The van der Waals surface area contributed by atoms with Gasteiger partial charge >= 0.3 is 0 Å². The van der Waals surface area contributed by atoms with Gasteiger partial charge in [-0.05, 0) is 45.1 Å². The summed E-state index contributed by atoms with van der Waals surface area (Å²) >= 11 is 0. The number of nitrogens with one attached hydrogen (secondary N) is 1. The Kier molecular flexibility index (Phi) is 4.73. The molecule has 1 aliphatic carbocycles. The highest BCUT2D eigenvalue weighted by Crippen LogP contribution is 2.17. The summed E-state index contributed by atoms with van der Waals surface area (Å²) in [5, 5.41) is 10.9. The van der Waals surface area contributed by atoms with Gasteiger partial charge in [0.25, 0.3) is 5.56 Å². The van der Waals surface area contributed by atoms with Crippen LogP contribution >= 0.6 is 0 Å². The first-order chi connectivity index (χ1) is 11.5. The second-order valence-corrected chi connectivity index (χ2v) is 6.06. The van der Waals surface area contributed by atoms with Gasteiger partial charge < -0.3 is 9.84 Å². The summed E-state index contributed by atoms with van der Waals surface area (Å²) in [6, 6.07) is 0.978. The van der Waals surface area contributed by atoms with E-state index in [0.29, 0.717) is 31.1 Å². The van der Waals surface area contributed by atoms with Crippen LogP contribution in [0, 0.1) is 6.92 Å². The van der Waals surface area contributed by atoms with E-state index in [-0.39, 0.29) is 11.5 Å². The number of fused-ring (bicyclic) bond motifs is 1. The minimum absolute atomic E-state index is 0.218. The van der Waals surface area contributed by atoms with E-state index in [1.807, 2.05) is 0 Å². The van der Waals surface area contributed by atoms with Gasteiger partial charge in [-0.15, -0.1) is 0 Å². The van der Waals surface area contributed by atoms with E-state index >= 15 is 0 Å². The van der Waals surface area contributed by atoms with Crippen LogP contribution in [0.15, 0.2) is 15.4 Å². The number of hydrogen-bond donors (Lipinski definition) is 1. The van der Waals surface area contributed by atoms with E-state index in [0.717, 1.165) is 30.5 Å². The smallest absolute Gasteiger partial charge is 0.267 e. The summed E-state index contributed by atoms with van der Waals surface area (Å²) in [4.78, 5) is 28.5. The van der Waals surface area contributed by atoms with Crippen LogP contribution in [0.3, 0.4) is 0 Å². The second kappa shape index (κ2) is 6.94. The average Bonchev–Trinajstić information content (AvgIpc) is 3.18. The van der Waals surface area contributed by atoms with Crippen LogP contribution in [0.2, 0.25) is 0 Å². The van der Waals surface area contributed by atoms with Crippen molar-refractivity contribution in [2.45, 2.75) is 52.0 Å². The van der Waals surface area contributed by atoms with Gasteiger partial charge in [-0.2, -0.15) is 10.1 Å². The molecular formula is C16H21N5O3. The molecule has 1 atom stereocenters. The van der Waals surface area contributed by atoms with Crippen molar-refractivity contribution < 1.29 is 9.32 Å². The molecule has 24 heavy (non-hydrogen) atoms. The number of amides is 1. The maximum absolute atomic E-state index is 12.2. The maximum atomic E-state index is 12.2. The highest BCUT2D eigenvalue weighted by atomic mass is 16.5. The number of carbonyl (C=O) groups excluding carboxylic acids is 1. The lowest BCUT2D eigenvalue weighted by Gasteiger charge is -2.14. The minimum Gasteiger partial charge on any atom is -0.354 e. The second-order valence-electron chi connectivity index (χ2n) is 6.06. The minimum atomic E-state index is -0.631. The molecule has 1 aliphatic rings. The fraction of sp³-hybridized carbons (Fsp3) is 0.562. The molecule has 0 aliphatic heterocycles. The Morgan fingerprint density at radius 2 is 2.29 bits per heavy atom. The summed E-state index contributed by atoms with van der Waals surface area (Å²) < 4.78 is 6.30. The molecule has 2 aromatic rings. The standard InChI is InChI=1S/C16H21N5O3/c1-10(21-15(22)9-12-5-3-6-13(12)19-21)16(23)17-8-4-7-14-18-11(2)20-24-14/h9-10H,3-8H2,1-2H3,(H,17,23)/t10-/m1/s1. The number of carbonyl (C=O) groups is 1. The number of hydrogen-bond acceptors (Lipinski definition) is 6. The molecule has 1 amide bonds. The molecule has 0 aromatic carbocycles. The van der Waals surface area contributed by atoms with Crippen molar-refractivity contribution in [2.75, 3.05) is 6.54 Å². The van der Waals surface area contributed by atoms with Crippen molar-refractivity contribution >= 4 is 5.91 Å². The molecule has 3 rings (SSSR count). The van der Waals surface area contributed by atoms with Crippen LogP contribution in [-0.2, 0) is 24.1 Å². The van der Waals surface area contributed by atoms with Gasteiger partial charge in [0.05, 0.1) is 5.69 Å². The quantitative estimate of drug-likeness (QED) is 0.783. The van der Waals surface area contributed by atoms with Crippen LogP contribution < -0.4 is 10.9 Å². The lowest BCUT2D eigenvalue weighted by Crippen LogP contribution is -2.37. The van der Waals surface area contributed by atoms with Crippen molar-refractivity contribution in [1.82, 2.24) is 25.2 Å². The molecule has 8 nitrogen and oxygen atoms in total. The summed E-state index contributed by atoms with van der Waals surface area (Å²) in [5.74, 6) is 0.945. The predicted molar refractivity (Wildman–Crippen MR) is 85.6 cm³/mol. The Balaban J connectivity index is 1.54. The zero-order chi connectivity index (χ0) is 17.1.